The topological polar surface area (TPSA) is 163 Å². The van der Waals surface area contributed by atoms with Crippen LogP contribution in [0.3, 0.4) is 0 Å². The summed E-state index contributed by atoms with van der Waals surface area (Å²) in [7, 11) is -2.93. The second kappa shape index (κ2) is 12.9. The average Bonchev–Trinajstić information content (AvgIpc) is 3.30. The van der Waals surface area contributed by atoms with E-state index in [1.54, 1.807) is 10.9 Å². The Morgan fingerprint density at radius 2 is 1.74 bits per heavy atom. The van der Waals surface area contributed by atoms with Gasteiger partial charge in [-0.25, -0.2) is 18.4 Å². The minimum atomic E-state index is -2.93. The molecule has 3 N–H and O–H groups in total. The number of aliphatic hydroxyl groups excluding tert-OH is 2. The smallest absolute Gasteiger partial charge is 0.254 e. The number of carbonyl (C=O) groups excluding carboxylic acids is 1. The van der Waals surface area contributed by atoms with Crippen LogP contribution in [0.1, 0.15) is 22.5 Å². The van der Waals surface area contributed by atoms with E-state index in [-0.39, 0.29) is 60.2 Å². The van der Waals surface area contributed by atoms with Crippen molar-refractivity contribution in [3.63, 3.8) is 0 Å². The van der Waals surface area contributed by atoms with Gasteiger partial charge in [-0.1, -0.05) is 5.21 Å². The molecule has 192 valence electrons. The van der Waals surface area contributed by atoms with Gasteiger partial charge in [0.2, 0.25) is 0 Å². The van der Waals surface area contributed by atoms with Gasteiger partial charge in [-0.3, -0.25) is 14.4 Å². The summed E-state index contributed by atoms with van der Waals surface area (Å²) in [6.07, 6.45) is 4.10. The molecule has 1 aliphatic carbocycles. The third kappa shape index (κ3) is 7.44. The van der Waals surface area contributed by atoms with Crippen LogP contribution in [0.5, 0.6) is 0 Å². The van der Waals surface area contributed by atoms with E-state index in [1.807, 2.05) is 4.90 Å². The number of carbonyl (C=O) groups is 1. The predicted molar refractivity (Wildman–Crippen MR) is 129 cm³/mol. The van der Waals surface area contributed by atoms with E-state index < -0.39 is 34.0 Å². The van der Waals surface area contributed by atoms with Crippen LogP contribution in [-0.2, 0) is 22.9 Å². The van der Waals surface area contributed by atoms with E-state index in [4.69, 9.17) is 0 Å². The number of nitrogens with zero attached hydrogens (tertiary/aromatic N) is 6. The molecule has 1 saturated heterocycles. The molecule has 0 spiro atoms. The van der Waals surface area contributed by atoms with E-state index in [2.05, 4.69) is 25.6 Å². The maximum Gasteiger partial charge on any atom is 0.254 e. The van der Waals surface area contributed by atoms with Crippen LogP contribution < -0.4 is 5.32 Å². The van der Waals surface area contributed by atoms with E-state index in [0.29, 0.717) is 38.3 Å². The maximum absolute atomic E-state index is 12.3. The van der Waals surface area contributed by atoms with Gasteiger partial charge < -0.3 is 15.5 Å². The quantitative estimate of drug-likeness (QED) is 0.403. The average molecular weight is 561 g/mol. The molecule has 2 aromatic rings. The zero-order valence-corrected chi connectivity index (χ0v) is 21.3. The third-order valence-electron chi connectivity index (χ3n) is 5.77. The fourth-order valence-electron chi connectivity index (χ4n) is 3.99. The van der Waals surface area contributed by atoms with Gasteiger partial charge in [-0.2, -0.15) is 0 Å². The van der Waals surface area contributed by atoms with Gasteiger partial charge in [-0.05, 0) is 6.42 Å². The first-order chi connectivity index (χ1) is 14.8. The Kier molecular flexibility index (Phi) is 11.5. The van der Waals surface area contributed by atoms with Gasteiger partial charge in [0.15, 0.2) is 9.84 Å². The molecule has 0 aromatic carbocycles. The fraction of sp³-hybridized carbons (Fsp3) is 0.611. The molecule has 34 heavy (non-hydrogen) atoms. The molecule has 2 fully saturated rings. The first-order valence-electron chi connectivity index (χ1n) is 10.0. The zero-order chi connectivity index (χ0) is 22.0. The van der Waals surface area contributed by atoms with Crippen LogP contribution in [0.4, 0.5) is 0 Å². The van der Waals surface area contributed by atoms with Crippen LogP contribution >= 0.6 is 37.2 Å². The van der Waals surface area contributed by atoms with Gasteiger partial charge in [0.1, 0.15) is 12.4 Å². The van der Waals surface area contributed by atoms with Crippen LogP contribution in [0.15, 0.2) is 24.9 Å². The number of sulfone groups is 1. The molecule has 3 heterocycles. The summed E-state index contributed by atoms with van der Waals surface area (Å²) in [6, 6.07) is -0.606. The summed E-state index contributed by atoms with van der Waals surface area (Å²) < 4.78 is 24.7. The molecule has 2 aromatic heterocycles. The Labute approximate surface area is 215 Å². The van der Waals surface area contributed by atoms with Gasteiger partial charge in [0.25, 0.3) is 5.91 Å². The van der Waals surface area contributed by atoms with Crippen molar-refractivity contribution in [2.24, 2.45) is 5.92 Å². The van der Waals surface area contributed by atoms with Crippen molar-refractivity contribution in [2.45, 2.75) is 37.8 Å². The number of hydrogen-bond acceptors (Lipinski definition) is 10. The minimum absolute atomic E-state index is 0. The Morgan fingerprint density at radius 1 is 1.09 bits per heavy atom. The number of rotatable bonds is 6. The van der Waals surface area contributed by atoms with E-state index in [0.717, 1.165) is 0 Å². The second-order valence-electron chi connectivity index (χ2n) is 8.04. The first-order valence-corrected chi connectivity index (χ1v) is 11.9. The molecule has 0 radical (unpaired) electrons. The standard InChI is InChI=1S/C18H25N7O5S.3ClH/c26-16-12(5-15(17(16)27)21-18(28)13-6-19-11-20-7-13)8-25-10-14(22-23-25)9-24-1-3-31(29,30)4-2-24;;;/h6-7,10-12,15-17,26-27H,1-5,8-9H2,(H,21,28);3*1H/t12-,15-,16-,17+;;;/m1.../s1. The van der Waals surface area contributed by atoms with E-state index in [9.17, 15) is 23.4 Å². The minimum Gasteiger partial charge on any atom is -0.390 e. The summed E-state index contributed by atoms with van der Waals surface area (Å²) in [5, 5.41) is 31.8. The largest absolute Gasteiger partial charge is 0.390 e. The second-order valence-corrected chi connectivity index (χ2v) is 10.3. The normalized spacial score (nSPS) is 25.9. The predicted octanol–water partition coefficient (Wildman–Crippen LogP) is -0.896. The molecule has 2 aliphatic rings. The highest BCUT2D eigenvalue weighted by Crippen LogP contribution is 2.28. The lowest BCUT2D eigenvalue weighted by atomic mass is 10.1. The number of aromatic nitrogens is 5. The highest BCUT2D eigenvalue weighted by molar-refractivity contribution is 7.91. The lowest BCUT2D eigenvalue weighted by Crippen LogP contribution is -2.43. The number of nitrogens with one attached hydrogen (secondary N) is 1. The van der Waals surface area contributed by atoms with Gasteiger partial charge >= 0.3 is 0 Å². The highest BCUT2D eigenvalue weighted by atomic mass is 35.5. The van der Waals surface area contributed by atoms with Crippen LogP contribution in [0, 0.1) is 5.92 Å². The number of hydrogen-bond donors (Lipinski definition) is 3. The highest BCUT2D eigenvalue weighted by Gasteiger charge is 2.42. The number of amides is 1. The summed E-state index contributed by atoms with van der Waals surface area (Å²) in [4.78, 5) is 21.9. The Balaban J connectivity index is 0.00000193. The Morgan fingerprint density at radius 3 is 2.38 bits per heavy atom. The molecule has 12 nitrogen and oxygen atoms in total. The molecule has 1 aliphatic heterocycles. The summed E-state index contributed by atoms with van der Waals surface area (Å²) in [5.41, 5.74) is 0.986. The van der Waals surface area contributed by atoms with Crippen molar-refractivity contribution < 1.29 is 23.4 Å². The summed E-state index contributed by atoms with van der Waals surface area (Å²) in [6.45, 7) is 1.77. The molecule has 0 unspecified atom stereocenters. The van der Waals surface area contributed by atoms with Crippen LogP contribution in [0.2, 0.25) is 0 Å². The monoisotopic (exact) mass is 559 g/mol. The lowest BCUT2D eigenvalue weighted by Gasteiger charge is -2.25. The van der Waals surface area contributed by atoms with Gasteiger partial charge in [-0.15, -0.1) is 42.3 Å². The van der Waals surface area contributed by atoms with E-state index >= 15 is 0 Å². The molecule has 1 saturated carbocycles. The summed E-state index contributed by atoms with van der Waals surface area (Å²) >= 11 is 0. The van der Waals surface area contributed by atoms with Crippen molar-refractivity contribution in [2.75, 3.05) is 24.6 Å². The fourth-order valence-corrected chi connectivity index (χ4v) is 5.27. The molecule has 0 bridgehead atoms. The van der Waals surface area contributed by atoms with Crippen molar-refractivity contribution in [1.29, 1.82) is 0 Å². The van der Waals surface area contributed by atoms with Crippen LogP contribution in [-0.4, -0.2) is 97.2 Å². The van der Waals surface area contributed by atoms with Gasteiger partial charge in [0.05, 0.1) is 34.9 Å². The third-order valence-corrected chi connectivity index (χ3v) is 7.38. The Bertz CT molecular complexity index is 1020. The van der Waals surface area contributed by atoms with Gasteiger partial charge in [0, 0.05) is 50.7 Å². The van der Waals surface area contributed by atoms with Crippen molar-refractivity contribution in [1.82, 2.24) is 35.2 Å². The molecule has 4 rings (SSSR count). The summed E-state index contributed by atoms with van der Waals surface area (Å²) in [5.74, 6) is -0.434. The molecule has 16 heteroatoms. The first kappa shape index (κ1) is 30.4. The lowest BCUT2D eigenvalue weighted by molar-refractivity contribution is 0.00761. The van der Waals surface area contributed by atoms with Crippen molar-refractivity contribution in [3.05, 3.63) is 36.2 Å². The number of halogens is 3. The Hall–Kier alpha value is -1.61. The zero-order valence-electron chi connectivity index (χ0n) is 18.0. The molecular weight excluding hydrogens is 533 g/mol. The van der Waals surface area contributed by atoms with Crippen LogP contribution in [0.25, 0.3) is 0 Å². The molecule has 1 amide bonds. The maximum atomic E-state index is 12.3. The van der Waals surface area contributed by atoms with E-state index in [1.165, 1.54) is 18.7 Å². The van der Waals surface area contributed by atoms with Crippen molar-refractivity contribution in [3.8, 4) is 0 Å². The SMILES string of the molecule is Cl.Cl.Cl.O=C(N[C@@H]1C[C@H](Cn2cc(CN3CCS(=O)(=O)CC3)nn2)[C@@H](O)[C@H]1O)c1cncnc1. The molecule has 4 atom stereocenters. The number of aliphatic hydroxyl groups is 2. The van der Waals surface area contributed by atoms with Crippen molar-refractivity contribution >= 4 is 53.0 Å². The molecular formula is C18H28Cl3N7O5S.